The van der Waals surface area contributed by atoms with Gasteiger partial charge < -0.3 is 4.98 Å². The van der Waals surface area contributed by atoms with Crippen molar-refractivity contribution in [1.29, 1.82) is 0 Å². The summed E-state index contributed by atoms with van der Waals surface area (Å²) in [6, 6.07) is 3.40. The predicted molar refractivity (Wildman–Crippen MR) is 62.9 cm³/mol. The number of aromatic nitrogens is 1. The van der Waals surface area contributed by atoms with Gasteiger partial charge in [-0.05, 0) is 12.1 Å². The van der Waals surface area contributed by atoms with Gasteiger partial charge in [0.15, 0.2) is 5.78 Å². The van der Waals surface area contributed by atoms with E-state index in [0.717, 1.165) is 10.9 Å². The molecule has 0 saturated heterocycles. The number of benzene rings is 1. The number of halogens is 2. The van der Waals surface area contributed by atoms with Gasteiger partial charge in [0.05, 0.1) is 5.02 Å². The summed E-state index contributed by atoms with van der Waals surface area (Å²) in [6.45, 7) is 1.82. The first-order valence-electron chi connectivity index (χ1n) is 4.62. The van der Waals surface area contributed by atoms with Gasteiger partial charge >= 0.3 is 0 Å². The number of fused-ring (bicyclic) bond motifs is 1. The first-order chi connectivity index (χ1) is 7.13. The number of carbonyl (C=O) groups excluding carboxylic acids is 1. The molecule has 0 aliphatic heterocycles. The number of rotatable bonds is 2. The smallest absolute Gasteiger partial charge is 0.164 e. The lowest BCUT2D eigenvalue weighted by molar-refractivity contribution is 0.0990. The Labute approximate surface area is 97.2 Å². The van der Waals surface area contributed by atoms with Gasteiger partial charge in [-0.15, -0.1) is 0 Å². The number of ketones is 1. The molecule has 0 bridgehead atoms. The Morgan fingerprint density at radius 2 is 2.13 bits per heavy atom. The van der Waals surface area contributed by atoms with E-state index in [0.29, 0.717) is 22.0 Å². The van der Waals surface area contributed by atoms with E-state index in [1.54, 1.807) is 18.3 Å². The molecular weight excluding hydrogens is 233 g/mol. The van der Waals surface area contributed by atoms with Crippen molar-refractivity contribution in [1.82, 2.24) is 4.98 Å². The second-order valence-corrected chi connectivity index (χ2v) is 4.13. The average Bonchev–Trinajstić information content (AvgIpc) is 2.60. The number of hydrogen-bond donors (Lipinski definition) is 1. The van der Waals surface area contributed by atoms with Gasteiger partial charge in [-0.3, -0.25) is 4.79 Å². The summed E-state index contributed by atoms with van der Waals surface area (Å²) < 4.78 is 0. The van der Waals surface area contributed by atoms with E-state index in [1.807, 2.05) is 6.92 Å². The first kappa shape index (κ1) is 10.5. The zero-order valence-corrected chi connectivity index (χ0v) is 9.62. The lowest BCUT2D eigenvalue weighted by Crippen LogP contribution is -1.94. The van der Waals surface area contributed by atoms with Crippen LogP contribution >= 0.6 is 23.2 Å². The molecule has 0 aliphatic rings. The van der Waals surface area contributed by atoms with Crippen LogP contribution in [0.15, 0.2) is 18.3 Å². The Kier molecular flexibility index (Phi) is 2.72. The molecule has 0 fully saturated rings. The van der Waals surface area contributed by atoms with Gasteiger partial charge in [0.1, 0.15) is 0 Å². The zero-order chi connectivity index (χ0) is 11.0. The van der Waals surface area contributed by atoms with Gasteiger partial charge in [0.25, 0.3) is 0 Å². The summed E-state index contributed by atoms with van der Waals surface area (Å²) in [5.41, 5.74) is 1.43. The number of nitrogens with one attached hydrogen (secondary N) is 1. The van der Waals surface area contributed by atoms with Crippen molar-refractivity contribution in [3.05, 3.63) is 33.9 Å². The lowest BCUT2D eigenvalue weighted by Gasteiger charge is -1.99. The summed E-state index contributed by atoms with van der Waals surface area (Å²) >= 11 is 11.9. The van der Waals surface area contributed by atoms with Crippen LogP contribution in [0.1, 0.15) is 23.7 Å². The Hall–Kier alpha value is -0.990. The maximum atomic E-state index is 11.6. The SMILES string of the molecule is CCC(=O)c1c[nH]c2cc(Cl)cc(Cl)c12. The zero-order valence-electron chi connectivity index (χ0n) is 8.10. The Morgan fingerprint density at radius 1 is 1.40 bits per heavy atom. The molecule has 0 unspecified atom stereocenters. The van der Waals surface area contributed by atoms with Crippen LogP contribution in [0.25, 0.3) is 10.9 Å². The van der Waals surface area contributed by atoms with Crippen molar-refractivity contribution in [2.24, 2.45) is 0 Å². The monoisotopic (exact) mass is 241 g/mol. The molecule has 0 saturated carbocycles. The van der Waals surface area contributed by atoms with Crippen LogP contribution in [0, 0.1) is 0 Å². The van der Waals surface area contributed by atoms with E-state index >= 15 is 0 Å². The fourth-order valence-corrected chi connectivity index (χ4v) is 2.19. The summed E-state index contributed by atoms with van der Waals surface area (Å²) in [4.78, 5) is 14.6. The van der Waals surface area contributed by atoms with Crippen molar-refractivity contribution in [2.45, 2.75) is 13.3 Å². The van der Waals surface area contributed by atoms with Crippen molar-refractivity contribution >= 4 is 39.9 Å². The summed E-state index contributed by atoms with van der Waals surface area (Å²) in [7, 11) is 0. The Morgan fingerprint density at radius 3 is 2.80 bits per heavy atom. The van der Waals surface area contributed by atoms with Gasteiger partial charge in [-0.1, -0.05) is 30.1 Å². The van der Waals surface area contributed by atoms with Crippen LogP contribution in [0.5, 0.6) is 0 Å². The fraction of sp³-hybridized carbons (Fsp3) is 0.182. The number of hydrogen-bond acceptors (Lipinski definition) is 1. The molecule has 1 aromatic heterocycles. The summed E-state index contributed by atoms with van der Waals surface area (Å²) in [6.07, 6.45) is 2.14. The molecule has 1 N–H and O–H groups in total. The Bertz CT molecular complexity index is 531. The molecule has 1 aromatic carbocycles. The van der Waals surface area contributed by atoms with Gasteiger partial charge in [0, 0.05) is 34.1 Å². The number of Topliss-reactive ketones (excluding diaryl/α,β-unsaturated/α-hetero) is 1. The van der Waals surface area contributed by atoms with Crippen LogP contribution in [0.2, 0.25) is 10.0 Å². The molecule has 78 valence electrons. The standard InChI is InChI=1S/C11H9Cl2NO/c1-2-10(15)7-5-14-9-4-6(12)3-8(13)11(7)9/h3-5,14H,2H2,1H3. The Balaban J connectivity index is 2.74. The second-order valence-electron chi connectivity index (χ2n) is 3.29. The van der Waals surface area contributed by atoms with Gasteiger partial charge in [-0.25, -0.2) is 0 Å². The van der Waals surface area contributed by atoms with E-state index in [4.69, 9.17) is 23.2 Å². The highest BCUT2D eigenvalue weighted by atomic mass is 35.5. The maximum Gasteiger partial charge on any atom is 0.164 e. The highest BCUT2D eigenvalue weighted by Crippen LogP contribution is 2.30. The molecular formula is C11H9Cl2NO. The van der Waals surface area contributed by atoms with Crippen LogP contribution in [0.3, 0.4) is 0 Å². The highest BCUT2D eigenvalue weighted by Gasteiger charge is 2.13. The van der Waals surface area contributed by atoms with E-state index in [1.165, 1.54) is 0 Å². The summed E-state index contributed by atoms with van der Waals surface area (Å²) in [5, 5.41) is 1.83. The predicted octanol–water partition coefficient (Wildman–Crippen LogP) is 4.07. The van der Waals surface area contributed by atoms with Crippen molar-refractivity contribution in [3.63, 3.8) is 0 Å². The summed E-state index contributed by atoms with van der Waals surface area (Å²) in [5.74, 6) is 0.0745. The third-order valence-corrected chi connectivity index (χ3v) is 2.83. The first-order valence-corrected chi connectivity index (χ1v) is 5.38. The van der Waals surface area contributed by atoms with Crippen LogP contribution in [0.4, 0.5) is 0 Å². The minimum Gasteiger partial charge on any atom is -0.360 e. The molecule has 0 radical (unpaired) electrons. The molecule has 0 spiro atoms. The molecule has 2 nitrogen and oxygen atoms in total. The lowest BCUT2D eigenvalue weighted by atomic mass is 10.1. The normalized spacial score (nSPS) is 10.9. The molecule has 4 heteroatoms. The van der Waals surface area contributed by atoms with Gasteiger partial charge in [-0.2, -0.15) is 0 Å². The largest absolute Gasteiger partial charge is 0.360 e. The van der Waals surface area contributed by atoms with E-state index in [2.05, 4.69) is 4.98 Å². The quantitative estimate of drug-likeness (QED) is 0.791. The maximum absolute atomic E-state index is 11.6. The fourth-order valence-electron chi connectivity index (χ4n) is 1.59. The molecule has 15 heavy (non-hydrogen) atoms. The molecule has 2 rings (SSSR count). The van der Waals surface area contributed by atoms with Crippen LogP contribution in [-0.4, -0.2) is 10.8 Å². The van der Waals surface area contributed by atoms with E-state index in [-0.39, 0.29) is 5.78 Å². The number of carbonyl (C=O) groups is 1. The molecule has 1 heterocycles. The van der Waals surface area contributed by atoms with Crippen LogP contribution < -0.4 is 0 Å². The number of H-pyrrole nitrogens is 1. The molecule has 0 amide bonds. The molecule has 0 atom stereocenters. The second kappa shape index (κ2) is 3.87. The van der Waals surface area contributed by atoms with Crippen molar-refractivity contribution in [3.8, 4) is 0 Å². The molecule has 2 aromatic rings. The van der Waals surface area contributed by atoms with E-state index < -0.39 is 0 Å². The van der Waals surface area contributed by atoms with E-state index in [9.17, 15) is 4.79 Å². The third kappa shape index (κ3) is 1.75. The highest BCUT2D eigenvalue weighted by molar-refractivity contribution is 6.39. The van der Waals surface area contributed by atoms with Gasteiger partial charge in [0.2, 0.25) is 0 Å². The van der Waals surface area contributed by atoms with Crippen molar-refractivity contribution in [2.75, 3.05) is 0 Å². The minimum absolute atomic E-state index is 0.0745. The topological polar surface area (TPSA) is 32.9 Å². The van der Waals surface area contributed by atoms with Crippen molar-refractivity contribution < 1.29 is 4.79 Å². The number of aromatic amines is 1. The van der Waals surface area contributed by atoms with Crippen LogP contribution in [-0.2, 0) is 0 Å². The average molecular weight is 242 g/mol. The third-order valence-electron chi connectivity index (χ3n) is 2.32. The molecule has 0 aliphatic carbocycles. The minimum atomic E-state index is 0.0745.